The van der Waals surface area contributed by atoms with Crippen LogP contribution in [-0.2, 0) is 10.0 Å². The van der Waals surface area contributed by atoms with E-state index in [1.807, 2.05) is 18.2 Å². The first-order valence-corrected chi connectivity index (χ1v) is 9.95. The molecule has 0 radical (unpaired) electrons. The van der Waals surface area contributed by atoms with Gasteiger partial charge in [-0.2, -0.15) is 0 Å². The van der Waals surface area contributed by atoms with Crippen LogP contribution in [0.25, 0.3) is 22.0 Å². The lowest BCUT2D eigenvalue weighted by Crippen LogP contribution is -2.14. The van der Waals surface area contributed by atoms with Crippen molar-refractivity contribution in [2.75, 3.05) is 0 Å². The minimum atomic E-state index is -3.78. The van der Waals surface area contributed by atoms with Crippen molar-refractivity contribution in [3.63, 3.8) is 0 Å². The van der Waals surface area contributed by atoms with Gasteiger partial charge < -0.3 is 4.98 Å². The number of nitrogens with one attached hydrogen (secondary N) is 1. The van der Waals surface area contributed by atoms with Crippen molar-refractivity contribution in [1.29, 1.82) is 0 Å². The summed E-state index contributed by atoms with van der Waals surface area (Å²) in [6.45, 7) is 3.27. The van der Waals surface area contributed by atoms with Gasteiger partial charge in [-0.3, -0.25) is 4.79 Å². The van der Waals surface area contributed by atoms with Crippen LogP contribution in [0.4, 0.5) is 0 Å². The van der Waals surface area contributed by atoms with E-state index in [0.29, 0.717) is 22.3 Å². The van der Waals surface area contributed by atoms with Crippen molar-refractivity contribution in [2.45, 2.75) is 18.7 Å². The first kappa shape index (κ1) is 17.3. The molecule has 0 fully saturated rings. The van der Waals surface area contributed by atoms with Crippen LogP contribution in [0.3, 0.4) is 0 Å². The Morgan fingerprint density at radius 1 is 0.963 bits per heavy atom. The summed E-state index contributed by atoms with van der Waals surface area (Å²) in [6, 6.07) is 15.7. The molecule has 0 aliphatic rings. The van der Waals surface area contributed by atoms with E-state index in [1.54, 1.807) is 55.7 Å². The Morgan fingerprint density at radius 2 is 1.63 bits per heavy atom. The van der Waals surface area contributed by atoms with E-state index >= 15 is 0 Å². The zero-order valence-corrected chi connectivity index (χ0v) is 15.7. The van der Waals surface area contributed by atoms with E-state index < -0.39 is 10.0 Å². The quantitative estimate of drug-likeness (QED) is 0.536. The van der Waals surface area contributed by atoms with Crippen LogP contribution in [0, 0.1) is 6.92 Å². The number of carbonyl (C=O) groups excluding carboxylic acids is 1. The summed E-state index contributed by atoms with van der Waals surface area (Å²) < 4.78 is 28.1. The molecule has 2 aromatic heterocycles. The number of aromatic amines is 1. The van der Waals surface area contributed by atoms with E-state index in [9.17, 15) is 13.2 Å². The standard InChI is InChI=1S/C21H18N2O3S/c1-14-21(19-13-22-12-18(19)15(2)24)17-10-6-7-11-20(17)23(14)27(25,26)16-8-4-3-5-9-16/h3-13,22H,1-2H3. The van der Waals surface area contributed by atoms with Gasteiger partial charge >= 0.3 is 0 Å². The number of aromatic nitrogens is 2. The smallest absolute Gasteiger partial charge is 0.268 e. The van der Waals surface area contributed by atoms with Crippen LogP contribution >= 0.6 is 0 Å². The molecule has 0 unspecified atom stereocenters. The molecule has 1 N–H and O–H groups in total. The fraction of sp³-hybridized carbons (Fsp3) is 0.0952. The number of para-hydroxylation sites is 1. The van der Waals surface area contributed by atoms with Crippen LogP contribution in [-0.4, -0.2) is 23.2 Å². The van der Waals surface area contributed by atoms with Crippen LogP contribution in [0.2, 0.25) is 0 Å². The number of Topliss-reactive ketones (excluding diaryl/α,β-unsaturated/α-hetero) is 1. The van der Waals surface area contributed by atoms with Crippen molar-refractivity contribution in [2.24, 2.45) is 0 Å². The Balaban J connectivity index is 2.10. The molecule has 136 valence electrons. The van der Waals surface area contributed by atoms with Crippen LogP contribution in [0.5, 0.6) is 0 Å². The fourth-order valence-corrected chi connectivity index (χ4v) is 5.13. The van der Waals surface area contributed by atoms with Crippen molar-refractivity contribution in [1.82, 2.24) is 8.96 Å². The van der Waals surface area contributed by atoms with Crippen molar-refractivity contribution < 1.29 is 13.2 Å². The third-order valence-corrected chi connectivity index (χ3v) is 6.55. The lowest BCUT2D eigenvalue weighted by molar-refractivity contribution is 0.101. The molecule has 5 nitrogen and oxygen atoms in total. The summed E-state index contributed by atoms with van der Waals surface area (Å²) in [6.07, 6.45) is 3.39. The molecule has 4 rings (SSSR count). The maximum Gasteiger partial charge on any atom is 0.268 e. The highest BCUT2D eigenvalue weighted by molar-refractivity contribution is 7.90. The molecule has 0 aliphatic heterocycles. The van der Waals surface area contributed by atoms with Gasteiger partial charge in [0.25, 0.3) is 10.0 Å². The third kappa shape index (κ3) is 2.61. The topological polar surface area (TPSA) is 71.9 Å². The monoisotopic (exact) mass is 378 g/mol. The highest BCUT2D eigenvalue weighted by Crippen LogP contribution is 2.38. The number of rotatable bonds is 4. The van der Waals surface area contributed by atoms with Gasteiger partial charge in [-0.25, -0.2) is 12.4 Å². The number of hydrogen-bond acceptors (Lipinski definition) is 3. The average Bonchev–Trinajstić information content (AvgIpc) is 3.24. The number of carbonyl (C=O) groups is 1. The summed E-state index contributed by atoms with van der Waals surface area (Å²) >= 11 is 0. The van der Waals surface area contributed by atoms with Crippen molar-refractivity contribution in [3.05, 3.63) is 78.2 Å². The molecule has 0 saturated carbocycles. The number of nitrogens with zero attached hydrogens (tertiary/aromatic N) is 1. The summed E-state index contributed by atoms with van der Waals surface area (Å²) in [5.74, 6) is -0.0756. The Labute approximate surface area is 157 Å². The normalized spacial score (nSPS) is 11.8. The van der Waals surface area contributed by atoms with Gasteiger partial charge in [0.2, 0.25) is 0 Å². The minimum Gasteiger partial charge on any atom is -0.366 e. The first-order valence-electron chi connectivity index (χ1n) is 8.51. The minimum absolute atomic E-state index is 0.0756. The van der Waals surface area contributed by atoms with Crippen molar-refractivity contribution in [3.8, 4) is 11.1 Å². The Hall–Kier alpha value is -3.12. The SMILES string of the molecule is CC(=O)c1c[nH]cc1-c1c(C)n(S(=O)(=O)c2ccccc2)c2ccccc12. The molecule has 0 saturated heterocycles. The number of H-pyrrole nitrogens is 1. The number of fused-ring (bicyclic) bond motifs is 1. The van der Waals surface area contributed by atoms with E-state index in [2.05, 4.69) is 4.98 Å². The molecular formula is C21H18N2O3S. The Kier molecular flexibility index (Phi) is 4.00. The fourth-order valence-electron chi connectivity index (χ4n) is 3.55. The van der Waals surface area contributed by atoms with Gasteiger partial charge in [0.15, 0.2) is 5.78 Å². The molecule has 6 heteroatoms. The molecule has 27 heavy (non-hydrogen) atoms. The zero-order chi connectivity index (χ0) is 19.2. The first-order chi connectivity index (χ1) is 12.9. The molecule has 0 amide bonds. The molecule has 4 aromatic rings. The lowest BCUT2D eigenvalue weighted by Gasteiger charge is -2.10. The number of ketones is 1. The zero-order valence-electron chi connectivity index (χ0n) is 14.9. The maximum absolute atomic E-state index is 13.4. The Bertz CT molecular complexity index is 1270. The average molecular weight is 378 g/mol. The molecule has 0 aliphatic carbocycles. The number of benzene rings is 2. The second kappa shape index (κ2) is 6.25. The van der Waals surface area contributed by atoms with E-state index in [4.69, 9.17) is 0 Å². The molecule has 0 spiro atoms. The van der Waals surface area contributed by atoms with E-state index in [0.717, 1.165) is 10.9 Å². The predicted molar refractivity (Wildman–Crippen MR) is 105 cm³/mol. The largest absolute Gasteiger partial charge is 0.366 e. The van der Waals surface area contributed by atoms with Gasteiger partial charge in [0.05, 0.1) is 10.4 Å². The number of hydrogen-bond donors (Lipinski definition) is 1. The van der Waals surface area contributed by atoms with Gasteiger partial charge in [-0.1, -0.05) is 36.4 Å². The van der Waals surface area contributed by atoms with Crippen molar-refractivity contribution >= 4 is 26.7 Å². The maximum atomic E-state index is 13.4. The second-order valence-corrected chi connectivity index (χ2v) is 8.19. The van der Waals surface area contributed by atoms with Crippen LogP contribution < -0.4 is 0 Å². The highest BCUT2D eigenvalue weighted by Gasteiger charge is 2.26. The summed E-state index contributed by atoms with van der Waals surface area (Å²) in [4.78, 5) is 15.2. The lowest BCUT2D eigenvalue weighted by atomic mass is 10.00. The van der Waals surface area contributed by atoms with Gasteiger partial charge in [0, 0.05) is 40.2 Å². The molecule has 0 bridgehead atoms. The summed E-state index contributed by atoms with van der Waals surface area (Å²) in [5.41, 5.74) is 3.15. The van der Waals surface area contributed by atoms with Gasteiger partial charge in [0.1, 0.15) is 0 Å². The molecule has 2 aromatic carbocycles. The highest BCUT2D eigenvalue weighted by atomic mass is 32.2. The molecular weight excluding hydrogens is 360 g/mol. The second-order valence-electron chi connectivity index (χ2n) is 6.40. The Morgan fingerprint density at radius 3 is 2.33 bits per heavy atom. The van der Waals surface area contributed by atoms with Crippen LogP contribution in [0.1, 0.15) is 23.0 Å². The van der Waals surface area contributed by atoms with Crippen LogP contribution in [0.15, 0.2) is 71.9 Å². The molecule has 2 heterocycles. The van der Waals surface area contributed by atoms with E-state index in [-0.39, 0.29) is 10.7 Å². The summed E-state index contributed by atoms with van der Waals surface area (Å²) in [5, 5.41) is 0.789. The summed E-state index contributed by atoms with van der Waals surface area (Å²) in [7, 11) is -3.78. The van der Waals surface area contributed by atoms with Gasteiger partial charge in [-0.05, 0) is 32.0 Å². The predicted octanol–water partition coefficient (Wildman–Crippen LogP) is 4.38. The third-order valence-electron chi connectivity index (χ3n) is 4.73. The van der Waals surface area contributed by atoms with E-state index in [1.165, 1.54) is 10.9 Å². The van der Waals surface area contributed by atoms with Gasteiger partial charge in [-0.15, -0.1) is 0 Å². The molecule has 0 atom stereocenters.